The Balaban J connectivity index is 0.713. The van der Waals surface area contributed by atoms with Crippen LogP contribution in [0, 0.1) is 13.8 Å². The van der Waals surface area contributed by atoms with Gasteiger partial charge in [0.2, 0.25) is 0 Å². The highest BCUT2D eigenvalue weighted by Crippen LogP contribution is 2.56. The maximum atomic E-state index is 7.74. The monoisotopic (exact) mass is 1560 g/mol. The maximum Gasteiger partial charge on any atom is 0.159 e. The van der Waals surface area contributed by atoms with E-state index in [-0.39, 0.29) is 0 Å². The van der Waals surface area contributed by atoms with Gasteiger partial charge in [0.1, 0.15) is 33.5 Å². The van der Waals surface area contributed by atoms with Crippen molar-refractivity contribution in [2.24, 2.45) is 0 Å². The van der Waals surface area contributed by atoms with Crippen LogP contribution in [0.5, 0.6) is 0 Å². The van der Waals surface area contributed by atoms with E-state index in [0.717, 1.165) is 238 Å². The first-order valence-corrected chi connectivity index (χ1v) is 41.6. The van der Waals surface area contributed by atoms with Crippen LogP contribution in [-0.4, -0.2) is 0 Å². The van der Waals surface area contributed by atoms with E-state index in [4.69, 9.17) is 17.7 Å². The van der Waals surface area contributed by atoms with Crippen molar-refractivity contribution >= 4 is 199 Å². The Hall–Kier alpha value is -16.2. The van der Waals surface area contributed by atoms with Gasteiger partial charge >= 0.3 is 0 Å². The third-order valence-corrected chi connectivity index (χ3v) is 24.8. The number of nitrogens with zero attached hydrogens (tertiary/aromatic N) is 4. The first kappa shape index (κ1) is 70.1. The molecule has 0 atom stereocenters. The van der Waals surface area contributed by atoms with Crippen LogP contribution in [0.2, 0.25) is 0 Å². The second-order valence-electron chi connectivity index (χ2n) is 31.8. The minimum Gasteiger partial charge on any atom is -0.455 e. The fourth-order valence-electron chi connectivity index (χ4n) is 19.3. The fraction of sp³-hybridized carbons (Fsp3) is 0.0175. The van der Waals surface area contributed by atoms with Gasteiger partial charge in [0.05, 0.1) is 34.1 Å². The number of para-hydroxylation sites is 9. The molecule has 0 N–H and O–H groups in total. The highest BCUT2D eigenvalue weighted by atomic mass is 16.3. The van der Waals surface area contributed by atoms with Crippen molar-refractivity contribution < 1.29 is 17.7 Å². The van der Waals surface area contributed by atoms with Crippen molar-refractivity contribution in [3.05, 3.63) is 424 Å². The van der Waals surface area contributed by atoms with Crippen molar-refractivity contribution in [1.29, 1.82) is 0 Å². The van der Waals surface area contributed by atoms with Crippen molar-refractivity contribution in [2.75, 3.05) is 19.6 Å². The van der Waals surface area contributed by atoms with Gasteiger partial charge in [-0.05, 0) is 174 Å². The number of benzene rings is 20. The number of fused-ring (bicyclic) bond motifs is 20. The summed E-state index contributed by atoms with van der Waals surface area (Å²) in [6.07, 6.45) is 0. The molecule has 122 heavy (non-hydrogen) atoms. The highest BCUT2D eigenvalue weighted by Gasteiger charge is 2.31. The SMILES string of the molecule is Cc1ccccc1-c1cc(-c2ccc3c(N(c4ccccc4)c4ccccc4)cc4c5cc(N(c6ccccc6)c6ccccc6)c6ccccc6c5oc4c3c2)cc2c1oc1c(N(c3ccccc3)c3cc4c(oc5cc(N(c6ccccc6)c6cccc7c6oc6c(-c8ccccc8C)cccc67)c6ccccc6c54)c4ccccc34)cccc12. The lowest BCUT2D eigenvalue weighted by Crippen LogP contribution is -2.11. The zero-order valence-electron chi connectivity index (χ0n) is 66.7. The molecule has 574 valence electrons. The van der Waals surface area contributed by atoms with E-state index in [0.29, 0.717) is 0 Å². The summed E-state index contributed by atoms with van der Waals surface area (Å²) >= 11 is 0. The number of aryl methyl sites for hydroxylation is 2. The van der Waals surface area contributed by atoms with Crippen LogP contribution in [-0.2, 0) is 0 Å². The Bertz CT molecular complexity index is 8220. The van der Waals surface area contributed by atoms with Gasteiger partial charge in [-0.1, -0.05) is 285 Å². The summed E-state index contributed by atoms with van der Waals surface area (Å²) < 4.78 is 30.1. The van der Waals surface area contributed by atoms with Crippen LogP contribution < -0.4 is 19.6 Å². The smallest absolute Gasteiger partial charge is 0.159 e. The van der Waals surface area contributed by atoms with Gasteiger partial charge in [0.15, 0.2) is 11.2 Å². The first-order valence-electron chi connectivity index (χ1n) is 41.6. The average molecular weight is 1560 g/mol. The Kier molecular flexibility index (Phi) is 16.3. The minimum atomic E-state index is 0.750. The molecule has 0 spiro atoms. The van der Waals surface area contributed by atoms with E-state index in [1.165, 1.54) is 5.56 Å². The van der Waals surface area contributed by atoms with E-state index >= 15 is 0 Å². The van der Waals surface area contributed by atoms with E-state index < -0.39 is 0 Å². The van der Waals surface area contributed by atoms with Crippen molar-refractivity contribution in [3.8, 4) is 33.4 Å². The number of hydrogen-bond donors (Lipinski definition) is 0. The minimum absolute atomic E-state index is 0.750. The van der Waals surface area contributed by atoms with Gasteiger partial charge in [-0.3, -0.25) is 0 Å². The molecule has 4 heterocycles. The molecule has 0 saturated heterocycles. The summed E-state index contributed by atoms with van der Waals surface area (Å²) in [5.74, 6) is 0. The second-order valence-corrected chi connectivity index (χ2v) is 31.8. The van der Waals surface area contributed by atoms with Crippen molar-refractivity contribution in [2.45, 2.75) is 13.8 Å². The summed E-state index contributed by atoms with van der Waals surface area (Å²) in [5, 5.41) is 16.3. The maximum absolute atomic E-state index is 7.74. The Morgan fingerprint density at radius 1 is 0.164 bits per heavy atom. The molecular formula is C114H74N4O4. The quantitative estimate of drug-likeness (QED) is 0.101. The lowest BCUT2D eigenvalue weighted by molar-refractivity contribution is 0.669. The van der Waals surface area contributed by atoms with Crippen LogP contribution in [0.1, 0.15) is 11.1 Å². The molecule has 8 heteroatoms. The van der Waals surface area contributed by atoms with E-state index in [2.05, 4.69) is 446 Å². The molecule has 0 saturated carbocycles. The van der Waals surface area contributed by atoms with Crippen LogP contribution in [0.25, 0.3) is 164 Å². The summed E-state index contributed by atoms with van der Waals surface area (Å²) in [4.78, 5) is 9.51. The van der Waals surface area contributed by atoms with Gasteiger partial charge in [-0.25, -0.2) is 0 Å². The zero-order valence-corrected chi connectivity index (χ0v) is 66.7. The second kappa shape index (κ2) is 28.3. The summed E-state index contributed by atoms with van der Waals surface area (Å²) in [6, 6.07) is 148. The molecule has 8 nitrogen and oxygen atoms in total. The third kappa shape index (κ3) is 11.1. The highest BCUT2D eigenvalue weighted by molar-refractivity contribution is 6.30. The molecule has 0 aliphatic rings. The third-order valence-electron chi connectivity index (χ3n) is 24.8. The topological polar surface area (TPSA) is 65.5 Å². The molecule has 4 aromatic heterocycles. The standard InChI is InChI=1S/C114H74N4O4/c1-71-34-21-23-48-81(71)88-56-31-57-91-92-58-32-60-100(113(92)121-108(88)91)118(80-46-19-8-20-47-80)105-70-106-107(87-53-28-25-50-83(87)105)99-69-104(85-52-27-30-55-90(85)110(99)119-106)117(79-44-17-7-18-45-79)101-61-33-59-93-96-66-74(65-94(111(96)122-114(93)101)82-49-24-22-35-72(82)2)73-62-63-86-95(64-73)112-98(68-103(86)116(77-40-13-5-14-41-77)78-42-15-6-16-43-78)97-67-102(84-51-26-29-54-89(84)109(97)120-112)115(75-36-9-3-10-37-75)76-38-11-4-12-39-76/h3-70H,1-2H3. The molecule has 0 fully saturated rings. The van der Waals surface area contributed by atoms with Gasteiger partial charge < -0.3 is 37.3 Å². The first-order chi connectivity index (χ1) is 60.4. The number of rotatable bonds is 15. The Morgan fingerprint density at radius 2 is 0.467 bits per heavy atom. The lowest BCUT2D eigenvalue weighted by Gasteiger charge is -2.27. The Morgan fingerprint density at radius 3 is 0.967 bits per heavy atom. The number of anilines is 12. The van der Waals surface area contributed by atoms with Gasteiger partial charge in [-0.2, -0.15) is 0 Å². The van der Waals surface area contributed by atoms with E-state index in [9.17, 15) is 0 Å². The molecule has 0 unspecified atom stereocenters. The van der Waals surface area contributed by atoms with E-state index in [1.807, 2.05) is 0 Å². The van der Waals surface area contributed by atoms with Crippen LogP contribution >= 0.6 is 0 Å². The van der Waals surface area contributed by atoms with Crippen molar-refractivity contribution in [3.63, 3.8) is 0 Å². The molecule has 20 aromatic carbocycles. The van der Waals surface area contributed by atoms with Gasteiger partial charge in [0, 0.05) is 132 Å². The molecular weight excluding hydrogens is 1490 g/mol. The summed E-state index contributed by atoms with van der Waals surface area (Å²) in [7, 11) is 0. The fourth-order valence-corrected chi connectivity index (χ4v) is 19.3. The molecule has 0 amide bonds. The molecule has 0 aliphatic carbocycles. The predicted octanol–water partition coefficient (Wildman–Crippen LogP) is 33.4. The normalized spacial score (nSPS) is 11.9. The number of furan rings is 4. The van der Waals surface area contributed by atoms with E-state index in [1.54, 1.807) is 0 Å². The molecule has 0 radical (unpaired) electrons. The molecule has 0 bridgehead atoms. The van der Waals surface area contributed by atoms with Crippen LogP contribution in [0.3, 0.4) is 0 Å². The largest absolute Gasteiger partial charge is 0.455 e. The molecule has 24 aromatic rings. The Labute approximate surface area is 702 Å². The zero-order chi connectivity index (χ0) is 80.6. The average Bonchev–Trinajstić information content (AvgIpc) is 1.54. The summed E-state index contributed by atoms with van der Waals surface area (Å²) in [6.45, 7) is 4.36. The van der Waals surface area contributed by atoms with Crippen molar-refractivity contribution in [1.82, 2.24) is 0 Å². The van der Waals surface area contributed by atoms with Crippen LogP contribution in [0.15, 0.2) is 430 Å². The number of hydrogen-bond acceptors (Lipinski definition) is 8. The molecule has 0 aliphatic heterocycles. The van der Waals surface area contributed by atoms with Gasteiger partial charge in [-0.15, -0.1) is 0 Å². The molecule has 24 rings (SSSR count). The van der Waals surface area contributed by atoms with Crippen LogP contribution in [0.4, 0.5) is 68.2 Å². The lowest BCUT2D eigenvalue weighted by atomic mass is 9.92. The predicted molar refractivity (Wildman–Crippen MR) is 510 cm³/mol. The van der Waals surface area contributed by atoms with Gasteiger partial charge in [0.25, 0.3) is 0 Å². The summed E-state index contributed by atoms with van der Waals surface area (Å²) in [5.41, 5.74) is 26.9.